The lowest BCUT2D eigenvalue weighted by Crippen LogP contribution is -1.89. The normalized spacial score (nSPS) is 14.9. The van der Waals surface area contributed by atoms with Gasteiger partial charge in [-0.25, -0.2) is 4.39 Å². The van der Waals surface area contributed by atoms with E-state index in [0.29, 0.717) is 5.03 Å². The maximum atomic E-state index is 12.5. The van der Waals surface area contributed by atoms with E-state index >= 15 is 0 Å². The van der Waals surface area contributed by atoms with E-state index in [-0.39, 0.29) is 5.83 Å². The van der Waals surface area contributed by atoms with Gasteiger partial charge >= 0.3 is 0 Å². The van der Waals surface area contributed by atoms with Crippen LogP contribution in [-0.4, -0.2) is 0 Å². The third-order valence-corrected chi connectivity index (χ3v) is 3.59. The van der Waals surface area contributed by atoms with Crippen LogP contribution in [0.4, 0.5) is 4.39 Å². The Balaban J connectivity index is 0.000000180. The summed E-state index contributed by atoms with van der Waals surface area (Å²) in [5.41, 5.74) is 5.06. The molecule has 0 heterocycles. The van der Waals surface area contributed by atoms with Gasteiger partial charge in [0.15, 0.2) is 0 Å². The van der Waals surface area contributed by atoms with E-state index in [1.165, 1.54) is 22.8 Å². The number of benzene rings is 1. The molecule has 0 radical (unpaired) electrons. The molecule has 0 bridgehead atoms. The molecule has 1 aliphatic rings. The van der Waals surface area contributed by atoms with E-state index in [9.17, 15) is 4.39 Å². The molecule has 0 saturated carbocycles. The lowest BCUT2D eigenvalue weighted by atomic mass is 10.1. The summed E-state index contributed by atoms with van der Waals surface area (Å²) in [7, 11) is 0. The van der Waals surface area contributed by atoms with E-state index in [4.69, 9.17) is 11.6 Å². The highest BCUT2D eigenvalue weighted by atomic mass is 35.5. The molecule has 2 rings (SSSR count). The molecule has 0 saturated heterocycles. The molecule has 1 aromatic rings. The topological polar surface area (TPSA) is 0 Å². The van der Waals surface area contributed by atoms with Gasteiger partial charge in [0, 0.05) is 0 Å². The summed E-state index contributed by atoms with van der Waals surface area (Å²) >= 11 is 5.55. The monoisotopic (exact) mass is 266 g/mol. The molecular weight excluding hydrogens is 247 g/mol. The number of aryl methyl sites for hydroxylation is 3. The minimum absolute atomic E-state index is 0.264. The molecule has 98 valence electrons. The molecule has 0 N–H and O–H groups in total. The first-order valence-corrected chi connectivity index (χ1v) is 6.54. The number of allylic oxidation sites excluding steroid dienone is 4. The Bertz CT molecular complexity index is 484. The van der Waals surface area contributed by atoms with Crippen LogP contribution in [0.1, 0.15) is 36.5 Å². The molecule has 0 aliphatic heterocycles. The second-order valence-electron chi connectivity index (χ2n) is 4.77. The second-order valence-corrected chi connectivity index (χ2v) is 5.15. The zero-order valence-electron chi connectivity index (χ0n) is 11.5. The number of hydrogen-bond donors (Lipinski definition) is 0. The standard InChI is InChI=1S/C9H12.C7H8ClF/c1-7-4-5-8(2)9(3)6-7;1-5-3-2-4-6(9)7(5)8/h4-6H,1-3H3;4H,2-3H2,1H3. The smallest absolute Gasteiger partial charge is 0.137 e. The fourth-order valence-corrected chi connectivity index (χ4v) is 1.88. The van der Waals surface area contributed by atoms with Crippen molar-refractivity contribution in [2.24, 2.45) is 0 Å². The van der Waals surface area contributed by atoms with Crippen molar-refractivity contribution in [1.82, 2.24) is 0 Å². The highest BCUT2D eigenvalue weighted by Crippen LogP contribution is 2.28. The van der Waals surface area contributed by atoms with E-state index in [1.807, 2.05) is 6.92 Å². The number of hydrogen-bond acceptors (Lipinski definition) is 0. The van der Waals surface area contributed by atoms with Crippen LogP contribution in [0.3, 0.4) is 0 Å². The van der Waals surface area contributed by atoms with Crippen molar-refractivity contribution in [3.8, 4) is 0 Å². The quantitative estimate of drug-likeness (QED) is 0.560. The average molecular weight is 267 g/mol. The van der Waals surface area contributed by atoms with Gasteiger partial charge in [0.25, 0.3) is 0 Å². The Labute approximate surface area is 114 Å². The fraction of sp³-hybridized carbons (Fsp3) is 0.375. The van der Waals surface area contributed by atoms with Crippen LogP contribution in [0.5, 0.6) is 0 Å². The van der Waals surface area contributed by atoms with Gasteiger partial charge in [-0.05, 0) is 57.7 Å². The highest BCUT2D eigenvalue weighted by molar-refractivity contribution is 6.32. The van der Waals surface area contributed by atoms with Gasteiger partial charge in [-0.15, -0.1) is 0 Å². The van der Waals surface area contributed by atoms with Crippen LogP contribution in [0.15, 0.2) is 40.7 Å². The summed E-state index contributed by atoms with van der Waals surface area (Å²) in [6, 6.07) is 6.50. The van der Waals surface area contributed by atoms with Crippen LogP contribution in [0.25, 0.3) is 0 Å². The van der Waals surface area contributed by atoms with Gasteiger partial charge in [0.2, 0.25) is 0 Å². The minimum Gasteiger partial charge on any atom is -0.206 e. The van der Waals surface area contributed by atoms with Crippen LogP contribution < -0.4 is 0 Å². The molecule has 0 unspecified atom stereocenters. The van der Waals surface area contributed by atoms with Crippen LogP contribution in [0, 0.1) is 20.8 Å². The van der Waals surface area contributed by atoms with Gasteiger partial charge < -0.3 is 0 Å². The first-order valence-electron chi connectivity index (χ1n) is 6.17. The Hall–Kier alpha value is -1.08. The number of rotatable bonds is 0. The third-order valence-electron chi connectivity index (χ3n) is 3.09. The highest BCUT2D eigenvalue weighted by Gasteiger charge is 2.09. The van der Waals surface area contributed by atoms with Gasteiger partial charge in [-0.1, -0.05) is 40.9 Å². The van der Waals surface area contributed by atoms with E-state index in [0.717, 1.165) is 18.4 Å². The summed E-state index contributed by atoms with van der Waals surface area (Å²) in [6.07, 6.45) is 3.20. The molecule has 0 nitrogen and oxygen atoms in total. The van der Waals surface area contributed by atoms with Crippen molar-refractivity contribution in [3.63, 3.8) is 0 Å². The molecule has 18 heavy (non-hydrogen) atoms. The maximum absolute atomic E-state index is 12.5. The van der Waals surface area contributed by atoms with Crippen molar-refractivity contribution in [3.05, 3.63) is 57.4 Å². The lowest BCUT2D eigenvalue weighted by molar-refractivity contribution is 0.642. The molecule has 0 aromatic heterocycles. The average Bonchev–Trinajstić information content (AvgIpc) is 2.32. The van der Waals surface area contributed by atoms with Crippen molar-refractivity contribution in [2.75, 3.05) is 0 Å². The number of halogens is 2. The first-order chi connectivity index (χ1) is 8.41. The first kappa shape index (κ1) is 15.0. The Kier molecular flexibility index (Phi) is 5.61. The summed E-state index contributed by atoms with van der Waals surface area (Å²) in [5.74, 6) is -0.264. The predicted molar refractivity (Wildman–Crippen MR) is 77.6 cm³/mol. The predicted octanol–water partition coefficient (Wildman–Crippen LogP) is 5.76. The van der Waals surface area contributed by atoms with Crippen molar-refractivity contribution >= 4 is 11.6 Å². The van der Waals surface area contributed by atoms with E-state index < -0.39 is 0 Å². The fourth-order valence-electron chi connectivity index (χ4n) is 1.71. The van der Waals surface area contributed by atoms with E-state index in [2.05, 4.69) is 39.0 Å². The van der Waals surface area contributed by atoms with E-state index in [1.54, 1.807) is 0 Å². The largest absolute Gasteiger partial charge is 0.206 e. The van der Waals surface area contributed by atoms with Crippen LogP contribution in [-0.2, 0) is 0 Å². The molecule has 0 fully saturated rings. The molecule has 1 aliphatic carbocycles. The summed E-state index contributed by atoms with van der Waals surface area (Å²) in [6.45, 7) is 8.25. The minimum atomic E-state index is -0.264. The van der Waals surface area contributed by atoms with Gasteiger partial charge in [0.1, 0.15) is 5.83 Å². The summed E-state index contributed by atoms with van der Waals surface area (Å²) in [4.78, 5) is 0. The van der Waals surface area contributed by atoms with Gasteiger partial charge in [-0.2, -0.15) is 0 Å². The van der Waals surface area contributed by atoms with Crippen molar-refractivity contribution < 1.29 is 4.39 Å². The molecule has 0 spiro atoms. The van der Waals surface area contributed by atoms with Crippen molar-refractivity contribution in [2.45, 2.75) is 40.5 Å². The lowest BCUT2D eigenvalue weighted by Gasteiger charge is -2.07. The molecule has 2 heteroatoms. The maximum Gasteiger partial charge on any atom is 0.137 e. The van der Waals surface area contributed by atoms with Crippen molar-refractivity contribution in [1.29, 1.82) is 0 Å². The second kappa shape index (κ2) is 6.75. The summed E-state index contributed by atoms with van der Waals surface area (Å²) in [5, 5.41) is 0.307. The molecule has 1 aromatic carbocycles. The van der Waals surface area contributed by atoms with Gasteiger partial charge in [-0.3, -0.25) is 0 Å². The zero-order chi connectivity index (χ0) is 13.7. The summed E-state index contributed by atoms with van der Waals surface area (Å²) < 4.78 is 12.5. The Morgan fingerprint density at radius 3 is 2.17 bits per heavy atom. The molecule has 0 amide bonds. The SMILES string of the molecule is CC1=C(Cl)C(F)=CCC1.Cc1ccc(C)c(C)c1. The molecular formula is C16H20ClF. The Morgan fingerprint density at radius 1 is 1.06 bits per heavy atom. The Morgan fingerprint density at radius 2 is 1.72 bits per heavy atom. The zero-order valence-corrected chi connectivity index (χ0v) is 12.2. The third kappa shape index (κ3) is 4.30. The van der Waals surface area contributed by atoms with Crippen LogP contribution >= 0.6 is 11.6 Å². The van der Waals surface area contributed by atoms with Gasteiger partial charge in [0.05, 0.1) is 5.03 Å². The molecule has 0 atom stereocenters. The van der Waals surface area contributed by atoms with Crippen LogP contribution in [0.2, 0.25) is 0 Å².